The van der Waals surface area contributed by atoms with Crippen LogP contribution in [-0.2, 0) is 19.2 Å². The number of allylic oxidation sites excluding steroid dienone is 6. The van der Waals surface area contributed by atoms with Crippen molar-refractivity contribution >= 4 is 66.9 Å². The van der Waals surface area contributed by atoms with Gasteiger partial charge in [0.2, 0.25) is 11.8 Å². The van der Waals surface area contributed by atoms with Crippen molar-refractivity contribution in [1.29, 1.82) is 0 Å². The molecule has 0 unspecified atom stereocenters. The number of Topliss-reactive ketones (excluding diaryl/α,β-unsaturated/α-hetero) is 1. The number of aromatic hydroxyl groups is 2. The van der Waals surface area contributed by atoms with E-state index >= 15 is 0 Å². The number of rotatable bonds is 4. The van der Waals surface area contributed by atoms with E-state index in [9.17, 15) is 39.3 Å². The molecule has 10 nitrogen and oxygen atoms in total. The lowest BCUT2D eigenvalue weighted by Crippen LogP contribution is -2.40. The molecule has 0 aromatic heterocycles. The Morgan fingerprint density at radius 1 is 1.02 bits per heavy atom. The van der Waals surface area contributed by atoms with Gasteiger partial charge >= 0.3 is 5.97 Å². The SMILES string of the molecule is COc1cc([C@H]2C3=CC[C@@H]4C(=O)N(c5ccc(C(=O)O)c(O)c5)C(=O)[C@@H]4[C@@H]3CC3=C2C(=O)C=C(C)C3=O)c(Br)c(Br)c1O. The van der Waals surface area contributed by atoms with Gasteiger partial charge < -0.3 is 20.1 Å². The maximum absolute atomic E-state index is 14.0. The number of phenolic OH excluding ortho intramolecular Hbond substituents is 1. The molecule has 1 fully saturated rings. The maximum Gasteiger partial charge on any atom is 0.339 e. The number of phenols is 2. The summed E-state index contributed by atoms with van der Waals surface area (Å²) in [5.41, 5.74) is 1.72. The molecule has 12 heteroatoms. The van der Waals surface area contributed by atoms with Crippen molar-refractivity contribution in [2.24, 2.45) is 17.8 Å². The van der Waals surface area contributed by atoms with Gasteiger partial charge in [0.15, 0.2) is 23.1 Å². The number of benzene rings is 2. The number of carbonyl (C=O) groups is 5. The van der Waals surface area contributed by atoms with Crippen LogP contribution in [0.5, 0.6) is 17.2 Å². The highest BCUT2D eigenvalue weighted by Crippen LogP contribution is 2.57. The smallest absolute Gasteiger partial charge is 0.339 e. The molecular formula is C31H23Br2NO9. The molecule has 1 aliphatic heterocycles. The van der Waals surface area contributed by atoms with Crippen LogP contribution < -0.4 is 9.64 Å². The first-order valence-electron chi connectivity index (χ1n) is 13.3. The number of carboxylic acid groups (broad SMARTS) is 1. The van der Waals surface area contributed by atoms with E-state index in [1.165, 1.54) is 19.3 Å². The van der Waals surface area contributed by atoms with Gasteiger partial charge in [-0.2, -0.15) is 0 Å². The van der Waals surface area contributed by atoms with Crippen molar-refractivity contribution < 1.29 is 44.0 Å². The minimum absolute atomic E-state index is 0.0401. The van der Waals surface area contributed by atoms with E-state index in [2.05, 4.69) is 31.9 Å². The van der Waals surface area contributed by atoms with E-state index in [1.54, 1.807) is 13.0 Å². The second-order valence-corrected chi connectivity index (χ2v) is 12.5. The number of hydrogen-bond acceptors (Lipinski definition) is 8. The lowest BCUT2D eigenvalue weighted by molar-refractivity contribution is -0.123. The second kappa shape index (κ2) is 10.3. The van der Waals surface area contributed by atoms with Gasteiger partial charge in [0, 0.05) is 33.2 Å². The van der Waals surface area contributed by atoms with Crippen LogP contribution in [0.15, 0.2) is 67.7 Å². The van der Waals surface area contributed by atoms with Crippen LogP contribution in [0.25, 0.3) is 0 Å². The Kier molecular flexibility index (Phi) is 6.96. The molecule has 1 heterocycles. The molecule has 3 aliphatic carbocycles. The third-order valence-electron chi connectivity index (χ3n) is 8.74. The summed E-state index contributed by atoms with van der Waals surface area (Å²) < 4.78 is 6.10. The molecule has 0 radical (unpaired) electrons. The average molecular weight is 713 g/mol. The number of amides is 2. The fourth-order valence-corrected chi connectivity index (χ4v) is 7.76. The number of ketones is 2. The Morgan fingerprint density at radius 3 is 2.40 bits per heavy atom. The molecule has 43 heavy (non-hydrogen) atoms. The van der Waals surface area contributed by atoms with E-state index in [0.717, 1.165) is 17.0 Å². The first kappa shape index (κ1) is 29.1. The Hall–Kier alpha value is -4.03. The third kappa shape index (κ3) is 4.21. The molecule has 220 valence electrons. The van der Waals surface area contributed by atoms with Gasteiger partial charge in [0.05, 0.1) is 29.1 Å². The van der Waals surface area contributed by atoms with Gasteiger partial charge in [-0.15, -0.1) is 0 Å². The average Bonchev–Trinajstić information content (AvgIpc) is 3.23. The van der Waals surface area contributed by atoms with Crippen molar-refractivity contribution in [3.05, 3.63) is 78.8 Å². The molecule has 2 aromatic carbocycles. The molecule has 0 spiro atoms. The molecule has 2 aromatic rings. The summed E-state index contributed by atoms with van der Waals surface area (Å²) in [5.74, 6) is -6.71. The van der Waals surface area contributed by atoms with E-state index in [0.29, 0.717) is 15.6 Å². The highest BCUT2D eigenvalue weighted by Gasteiger charge is 2.57. The fraction of sp³-hybridized carbons (Fsp3) is 0.258. The van der Waals surface area contributed by atoms with Crippen molar-refractivity contribution in [3.8, 4) is 17.2 Å². The third-order valence-corrected chi connectivity index (χ3v) is 10.9. The Labute approximate surface area is 261 Å². The van der Waals surface area contributed by atoms with E-state index in [-0.39, 0.29) is 68.4 Å². The minimum Gasteiger partial charge on any atom is -0.507 e. The highest BCUT2D eigenvalue weighted by atomic mass is 79.9. The number of aromatic carboxylic acids is 1. The van der Waals surface area contributed by atoms with Crippen LogP contribution in [0.4, 0.5) is 5.69 Å². The van der Waals surface area contributed by atoms with Gasteiger partial charge in [-0.25, -0.2) is 9.69 Å². The second-order valence-electron chi connectivity index (χ2n) is 10.9. The van der Waals surface area contributed by atoms with Crippen LogP contribution in [0.1, 0.15) is 41.6 Å². The number of methoxy groups -OCH3 is 1. The molecule has 4 atom stereocenters. The van der Waals surface area contributed by atoms with Crippen LogP contribution in [0, 0.1) is 17.8 Å². The first-order chi connectivity index (χ1) is 20.4. The fourth-order valence-electron chi connectivity index (χ4n) is 6.81. The van der Waals surface area contributed by atoms with Crippen molar-refractivity contribution in [1.82, 2.24) is 0 Å². The lowest BCUT2D eigenvalue weighted by Gasteiger charge is -2.42. The zero-order chi connectivity index (χ0) is 31.1. The summed E-state index contributed by atoms with van der Waals surface area (Å²) in [4.78, 5) is 67.1. The Morgan fingerprint density at radius 2 is 1.74 bits per heavy atom. The number of fused-ring (bicyclic) bond motifs is 3. The zero-order valence-electron chi connectivity index (χ0n) is 22.7. The molecule has 0 saturated carbocycles. The van der Waals surface area contributed by atoms with Crippen molar-refractivity contribution in [2.45, 2.75) is 25.7 Å². The number of imide groups is 1. The summed E-state index contributed by atoms with van der Waals surface area (Å²) in [7, 11) is 1.39. The number of halogens is 2. The quantitative estimate of drug-likeness (QED) is 0.226. The van der Waals surface area contributed by atoms with Crippen LogP contribution in [0.3, 0.4) is 0 Å². The number of anilines is 1. The number of hydrogen-bond donors (Lipinski definition) is 3. The van der Waals surface area contributed by atoms with Crippen LogP contribution in [-0.4, -0.2) is 51.8 Å². The van der Waals surface area contributed by atoms with Crippen LogP contribution in [0.2, 0.25) is 0 Å². The summed E-state index contributed by atoms with van der Waals surface area (Å²) in [6.45, 7) is 1.56. The number of ether oxygens (including phenoxy) is 1. The van der Waals surface area contributed by atoms with E-state index in [1.807, 2.05) is 6.08 Å². The van der Waals surface area contributed by atoms with Gasteiger partial charge in [0.1, 0.15) is 11.3 Å². The van der Waals surface area contributed by atoms with Crippen LogP contribution >= 0.6 is 31.9 Å². The predicted molar refractivity (Wildman–Crippen MR) is 159 cm³/mol. The van der Waals surface area contributed by atoms with Gasteiger partial charge in [-0.3, -0.25) is 19.2 Å². The van der Waals surface area contributed by atoms with Crippen molar-refractivity contribution in [2.75, 3.05) is 12.0 Å². The summed E-state index contributed by atoms with van der Waals surface area (Å²) in [6, 6.07) is 5.08. The molecule has 1 saturated heterocycles. The zero-order valence-corrected chi connectivity index (χ0v) is 25.9. The normalized spacial score (nSPS) is 24.8. The van der Waals surface area contributed by atoms with Gasteiger partial charge in [-0.05, 0) is 87.4 Å². The molecule has 6 rings (SSSR count). The topological polar surface area (TPSA) is 159 Å². The van der Waals surface area contributed by atoms with Crippen molar-refractivity contribution in [3.63, 3.8) is 0 Å². The molecule has 4 aliphatic rings. The number of carboxylic acids is 1. The largest absolute Gasteiger partial charge is 0.507 e. The number of nitrogens with zero attached hydrogens (tertiary/aromatic N) is 1. The lowest BCUT2D eigenvalue weighted by atomic mass is 9.59. The monoisotopic (exact) mass is 711 g/mol. The Balaban J connectivity index is 1.50. The predicted octanol–water partition coefficient (Wildman–Crippen LogP) is 4.96. The molecular weight excluding hydrogens is 690 g/mol. The number of carbonyl (C=O) groups excluding carboxylic acids is 4. The summed E-state index contributed by atoms with van der Waals surface area (Å²) >= 11 is 6.91. The van der Waals surface area contributed by atoms with Gasteiger partial charge in [0.25, 0.3) is 0 Å². The highest BCUT2D eigenvalue weighted by molar-refractivity contribution is 9.13. The molecule has 2 amide bonds. The van der Waals surface area contributed by atoms with Gasteiger partial charge in [-0.1, -0.05) is 11.6 Å². The molecule has 0 bridgehead atoms. The first-order valence-corrected chi connectivity index (χ1v) is 14.8. The summed E-state index contributed by atoms with van der Waals surface area (Å²) in [5, 5.41) is 30.1. The standard InChI is InChI=1S/C31H23Br2NO9/c1-11-7-20(36)24-18(27(11)37)9-16-13(22(24)17-10-21(43-2)28(38)26(33)25(17)32)5-6-15-23(16)30(40)34(29(15)39)12-3-4-14(31(41)42)19(35)8-12/h3-5,7-8,10,15-16,22-23,35,38H,6,9H2,1-2H3,(H,41,42)/t15-,16+,22+,23-/m0/s1. The minimum atomic E-state index is -1.36. The van der Waals surface area contributed by atoms with E-state index < -0.39 is 47.2 Å². The maximum atomic E-state index is 14.0. The Bertz CT molecular complexity index is 1800. The van der Waals surface area contributed by atoms with E-state index in [4.69, 9.17) is 4.74 Å². The summed E-state index contributed by atoms with van der Waals surface area (Å²) in [6.07, 6.45) is 3.41. The molecule has 3 N–H and O–H groups in total.